The van der Waals surface area contributed by atoms with E-state index < -0.39 is 0 Å². The van der Waals surface area contributed by atoms with Gasteiger partial charge in [-0.2, -0.15) is 0 Å². The van der Waals surface area contributed by atoms with Crippen LogP contribution in [0.2, 0.25) is 0 Å². The van der Waals surface area contributed by atoms with Crippen molar-refractivity contribution in [2.45, 2.75) is 26.3 Å². The minimum atomic E-state index is -0.199. The highest BCUT2D eigenvalue weighted by molar-refractivity contribution is 5.99. The number of nitrogens with one attached hydrogen (secondary N) is 2. The number of halogens is 1. The molecule has 1 aromatic carbocycles. The van der Waals surface area contributed by atoms with Gasteiger partial charge in [-0.25, -0.2) is 4.39 Å². The first kappa shape index (κ1) is 13.8. The third kappa shape index (κ3) is 1.88. The van der Waals surface area contributed by atoms with Crippen molar-refractivity contribution in [3.8, 4) is 0 Å². The third-order valence-electron chi connectivity index (χ3n) is 5.21. The van der Waals surface area contributed by atoms with Crippen LogP contribution in [0.25, 0.3) is 10.9 Å². The molecule has 3 heterocycles. The number of hydrogen-bond donors (Lipinski definition) is 2. The molecule has 2 aromatic rings. The van der Waals surface area contributed by atoms with Gasteiger partial charge in [0.25, 0.3) is 5.91 Å². The van der Waals surface area contributed by atoms with Crippen LogP contribution in [0.3, 0.4) is 0 Å². The monoisotopic (exact) mass is 301 g/mol. The molecule has 4 rings (SSSR count). The maximum absolute atomic E-state index is 14.0. The molecule has 1 amide bonds. The van der Waals surface area contributed by atoms with Crippen molar-refractivity contribution in [1.29, 1.82) is 0 Å². The Morgan fingerprint density at radius 1 is 1.32 bits per heavy atom. The molecule has 4 nitrogen and oxygen atoms in total. The van der Waals surface area contributed by atoms with Crippen molar-refractivity contribution >= 4 is 16.8 Å². The highest BCUT2D eigenvalue weighted by Gasteiger charge is 2.40. The van der Waals surface area contributed by atoms with E-state index in [0.29, 0.717) is 28.8 Å². The summed E-state index contributed by atoms with van der Waals surface area (Å²) < 4.78 is 14.0. The van der Waals surface area contributed by atoms with E-state index in [1.807, 2.05) is 11.0 Å². The number of fused-ring (bicyclic) bond motifs is 2. The zero-order valence-corrected chi connectivity index (χ0v) is 12.9. The summed E-state index contributed by atoms with van der Waals surface area (Å²) in [6, 6.07) is 3.96. The fourth-order valence-corrected chi connectivity index (χ4v) is 3.97. The van der Waals surface area contributed by atoms with Gasteiger partial charge in [0.05, 0.1) is 5.52 Å². The van der Waals surface area contributed by atoms with Gasteiger partial charge in [-0.1, -0.05) is 0 Å². The molecule has 2 aliphatic heterocycles. The Morgan fingerprint density at radius 3 is 2.95 bits per heavy atom. The second-order valence-corrected chi connectivity index (χ2v) is 6.55. The summed E-state index contributed by atoms with van der Waals surface area (Å²) in [7, 11) is 0. The molecule has 5 heteroatoms. The van der Waals surface area contributed by atoms with Crippen molar-refractivity contribution in [3.63, 3.8) is 0 Å². The first-order valence-corrected chi connectivity index (χ1v) is 7.86. The lowest BCUT2D eigenvalue weighted by Crippen LogP contribution is -2.39. The largest absolute Gasteiger partial charge is 0.350 e. The van der Waals surface area contributed by atoms with E-state index in [-0.39, 0.29) is 11.7 Å². The Labute approximate surface area is 128 Å². The predicted molar refractivity (Wildman–Crippen MR) is 83.5 cm³/mol. The number of H-pyrrole nitrogens is 1. The summed E-state index contributed by atoms with van der Waals surface area (Å²) in [5.74, 6) is 0.411. The molecule has 2 atom stereocenters. The quantitative estimate of drug-likeness (QED) is 0.849. The van der Waals surface area contributed by atoms with Crippen LogP contribution in [0.5, 0.6) is 0 Å². The SMILES string of the molecule is Cc1cc2cc(C(=O)N3CC[C@@H]4CNC[C@@H]43)[nH]c2c(C)c1F. The molecule has 2 N–H and O–H groups in total. The Hall–Kier alpha value is -1.88. The lowest BCUT2D eigenvalue weighted by atomic mass is 10.1. The van der Waals surface area contributed by atoms with Crippen molar-refractivity contribution in [1.82, 2.24) is 15.2 Å². The van der Waals surface area contributed by atoms with Crippen molar-refractivity contribution in [3.05, 3.63) is 34.8 Å². The molecule has 0 aliphatic carbocycles. The molecule has 0 saturated carbocycles. The van der Waals surface area contributed by atoms with E-state index in [2.05, 4.69) is 10.3 Å². The predicted octanol–water partition coefficient (Wildman–Crippen LogP) is 2.36. The van der Waals surface area contributed by atoms with Crippen LogP contribution < -0.4 is 5.32 Å². The van der Waals surface area contributed by atoms with Gasteiger partial charge < -0.3 is 15.2 Å². The van der Waals surface area contributed by atoms with Gasteiger partial charge in [0.1, 0.15) is 11.5 Å². The minimum absolute atomic E-state index is 0.0323. The van der Waals surface area contributed by atoms with Crippen LogP contribution in [-0.2, 0) is 0 Å². The lowest BCUT2D eigenvalue weighted by Gasteiger charge is -2.22. The molecular weight excluding hydrogens is 281 g/mol. The molecule has 0 spiro atoms. The van der Waals surface area contributed by atoms with Gasteiger partial charge in [0.2, 0.25) is 0 Å². The van der Waals surface area contributed by atoms with Crippen LogP contribution in [0.4, 0.5) is 4.39 Å². The summed E-state index contributed by atoms with van der Waals surface area (Å²) in [4.78, 5) is 17.9. The Morgan fingerprint density at radius 2 is 2.14 bits per heavy atom. The lowest BCUT2D eigenvalue weighted by molar-refractivity contribution is 0.0732. The average Bonchev–Trinajstić information content (AvgIpc) is 3.18. The topological polar surface area (TPSA) is 48.1 Å². The first-order chi connectivity index (χ1) is 10.6. The fraction of sp³-hybridized carbons (Fsp3) is 0.471. The summed E-state index contributed by atoms with van der Waals surface area (Å²) in [6.45, 7) is 6.21. The number of aromatic nitrogens is 1. The van der Waals surface area contributed by atoms with E-state index >= 15 is 0 Å². The minimum Gasteiger partial charge on any atom is -0.350 e. The Bertz CT molecular complexity index is 767. The molecule has 2 saturated heterocycles. The smallest absolute Gasteiger partial charge is 0.270 e. The summed E-state index contributed by atoms with van der Waals surface area (Å²) in [6.07, 6.45) is 1.07. The molecular formula is C17H20FN3O. The van der Waals surface area contributed by atoms with Gasteiger partial charge in [-0.3, -0.25) is 4.79 Å². The zero-order chi connectivity index (χ0) is 15.4. The number of hydrogen-bond acceptors (Lipinski definition) is 2. The van der Waals surface area contributed by atoms with Crippen LogP contribution in [0.15, 0.2) is 12.1 Å². The normalized spacial score (nSPS) is 24.2. The number of nitrogens with zero attached hydrogens (tertiary/aromatic N) is 1. The maximum atomic E-state index is 14.0. The van der Waals surface area contributed by atoms with Crippen LogP contribution in [-0.4, -0.2) is 41.5 Å². The standard InChI is InChI=1S/C17H20FN3O/c1-9-5-12-6-13(20-16(12)10(2)15(9)18)17(22)21-4-3-11-7-19-8-14(11)21/h5-6,11,14,19-20H,3-4,7-8H2,1-2H3/t11-,14+/m1/s1. The van der Waals surface area contributed by atoms with Gasteiger partial charge in [0.15, 0.2) is 0 Å². The third-order valence-corrected chi connectivity index (χ3v) is 5.21. The molecule has 2 aliphatic rings. The van der Waals surface area contributed by atoms with Gasteiger partial charge in [-0.05, 0) is 43.9 Å². The number of amides is 1. The molecule has 116 valence electrons. The Balaban J connectivity index is 1.72. The molecule has 0 radical (unpaired) electrons. The number of benzene rings is 1. The van der Waals surface area contributed by atoms with Gasteiger partial charge in [-0.15, -0.1) is 0 Å². The highest BCUT2D eigenvalue weighted by Crippen LogP contribution is 2.30. The molecule has 22 heavy (non-hydrogen) atoms. The van der Waals surface area contributed by atoms with Crippen molar-refractivity contribution < 1.29 is 9.18 Å². The summed E-state index contributed by atoms with van der Waals surface area (Å²) in [5.41, 5.74) is 2.49. The van der Waals surface area contributed by atoms with E-state index in [0.717, 1.165) is 37.0 Å². The van der Waals surface area contributed by atoms with E-state index in [4.69, 9.17) is 0 Å². The summed E-state index contributed by atoms with van der Waals surface area (Å²) in [5, 5.41) is 4.26. The number of carbonyl (C=O) groups excluding carboxylic acids is 1. The van der Waals surface area contributed by atoms with Crippen LogP contribution >= 0.6 is 0 Å². The van der Waals surface area contributed by atoms with Crippen molar-refractivity contribution in [2.75, 3.05) is 19.6 Å². The number of aryl methyl sites for hydroxylation is 2. The molecule has 0 unspecified atom stereocenters. The second-order valence-electron chi connectivity index (χ2n) is 6.55. The van der Waals surface area contributed by atoms with Gasteiger partial charge >= 0.3 is 0 Å². The van der Waals surface area contributed by atoms with Crippen LogP contribution in [0, 0.1) is 25.6 Å². The molecule has 2 fully saturated rings. The average molecular weight is 301 g/mol. The van der Waals surface area contributed by atoms with Crippen molar-refractivity contribution in [2.24, 2.45) is 5.92 Å². The molecule has 1 aromatic heterocycles. The fourth-order valence-electron chi connectivity index (χ4n) is 3.97. The maximum Gasteiger partial charge on any atom is 0.270 e. The van der Waals surface area contributed by atoms with Gasteiger partial charge in [0, 0.05) is 36.6 Å². The number of likely N-dealkylation sites (tertiary alicyclic amines) is 1. The van der Waals surface area contributed by atoms with E-state index in [1.165, 1.54) is 0 Å². The number of carbonyl (C=O) groups is 1. The first-order valence-electron chi connectivity index (χ1n) is 7.86. The molecule has 0 bridgehead atoms. The number of aromatic amines is 1. The Kier molecular flexibility index (Phi) is 3.01. The summed E-state index contributed by atoms with van der Waals surface area (Å²) >= 11 is 0. The van der Waals surface area contributed by atoms with E-state index in [1.54, 1.807) is 19.9 Å². The van der Waals surface area contributed by atoms with E-state index in [9.17, 15) is 9.18 Å². The second kappa shape index (κ2) is 4.81. The highest BCUT2D eigenvalue weighted by atomic mass is 19.1. The number of rotatable bonds is 1. The zero-order valence-electron chi connectivity index (χ0n) is 12.9. The van der Waals surface area contributed by atoms with Crippen LogP contribution in [0.1, 0.15) is 28.0 Å².